The quantitative estimate of drug-likeness (QED) is 0.731. The monoisotopic (exact) mass is 268 g/mol. The van der Waals surface area contributed by atoms with Gasteiger partial charge in [0.05, 0.1) is 0 Å². The normalized spacial score (nSPS) is 11.8. The lowest BCUT2D eigenvalue weighted by Crippen LogP contribution is -2.41. The number of nitrogens with zero attached hydrogens (tertiary/aromatic N) is 1. The summed E-state index contributed by atoms with van der Waals surface area (Å²) < 4.78 is 0. The minimum absolute atomic E-state index is 0.229. The average Bonchev–Trinajstić information content (AvgIpc) is 2.38. The molecule has 18 heavy (non-hydrogen) atoms. The molecular formula is C12H16N2O3S. The molecule has 1 heterocycles. The highest BCUT2D eigenvalue weighted by Crippen LogP contribution is 2.05. The summed E-state index contributed by atoms with van der Waals surface area (Å²) in [6, 6.07) is 4.07. The van der Waals surface area contributed by atoms with Crippen molar-refractivity contribution in [1.29, 1.82) is 0 Å². The molecule has 0 spiro atoms. The molecule has 0 aliphatic heterocycles. The summed E-state index contributed by atoms with van der Waals surface area (Å²) in [4.78, 5) is 26.6. The number of carboxylic acid groups (broad SMARTS) is 1. The van der Waals surface area contributed by atoms with Crippen LogP contribution in [0.25, 0.3) is 0 Å². The Hall–Kier alpha value is -1.56. The van der Waals surface area contributed by atoms with E-state index in [0.717, 1.165) is 5.75 Å². The second-order valence-corrected chi connectivity index (χ2v) is 4.96. The van der Waals surface area contributed by atoms with Crippen molar-refractivity contribution in [3.05, 3.63) is 30.1 Å². The molecule has 1 unspecified atom stereocenters. The molecule has 1 aromatic heterocycles. The van der Waals surface area contributed by atoms with Crippen LogP contribution in [0.15, 0.2) is 24.4 Å². The third kappa shape index (κ3) is 4.75. The Bertz CT molecular complexity index is 398. The first-order valence-corrected chi connectivity index (χ1v) is 6.83. The van der Waals surface area contributed by atoms with E-state index in [0.29, 0.717) is 12.2 Å². The molecule has 1 amide bonds. The van der Waals surface area contributed by atoms with E-state index >= 15 is 0 Å². The van der Waals surface area contributed by atoms with E-state index in [1.54, 1.807) is 30.0 Å². The second kappa shape index (κ2) is 7.71. The van der Waals surface area contributed by atoms with Crippen molar-refractivity contribution >= 4 is 23.6 Å². The number of hydrogen-bond acceptors (Lipinski definition) is 4. The number of pyridine rings is 1. The van der Waals surface area contributed by atoms with E-state index in [2.05, 4.69) is 10.3 Å². The second-order valence-electron chi connectivity index (χ2n) is 3.56. The van der Waals surface area contributed by atoms with Gasteiger partial charge in [0.15, 0.2) is 0 Å². The van der Waals surface area contributed by atoms with Crippen molar-refractivity contribution in [1.82, 2.24) is 10.3 Å². The number of aliphatic carboxylic acids is 1. The minimum atomic E-state index is -1.02. The Kier molecular flexibility index (Phi) is 6.21. The van der Waals surface area contributed by atoms with E-state index in [1.807, 2.05) is 6.92 Å². The summed E-state index contributed by atoms with van der Waals surface area (Å²) in [7, 11) is 0. The van der Waals surface area contributed by atoms with Crippen LogP contribution in [0, 0.1) is 0 Å². The van der Waals surface area contributed by atoms with Crippen molar-refractivity contribution in [2.24, 2.45) is 0 Å². The number of carbonyl (C=O) groups is 2. The van der Waals surface area contributed by atoms with Gasteiger partial charge in [-0.3, -0.25) is 9.78 Å². The largest absolute Gasteiger partial charge is 0.480 e. The van der Waals surface area contributed by atoms with Crippen molar-refractivity contribution in [2.45, 2.75) is 19.4 Å². The van der Waals surface area contributed by atoms with E-state index in [-0.39, 0.29) is 5.69 Å². The molecule has 0 aliphatic rings. The highest BCUT2D eigenvalue weighted by molar-refractivity contribution is 7.99. The van der Waals surface area contributed by atoms with Gasteiger partial charge in [0, 0.05) is 6.20 Å². The average molecular weight is 268 g/mol. The molecule has 0 bridgehead atoms. The van der Waals surface area contributed by atoms with E-state index in [1.165, 1.54) is 6.20 Å². The molecule has 0 aliphatic carbocycles. The van der Waals surface area contributed by atoms with Gasteiger partial charge < -0.3 is 10.4 Å². The summed E-state index contributed by atoms with van der Waals surface area (Å²) in [5.74, 6) is 0.164. The van der Waals surface area contributed by atoms with Gasteiger partial charge in [-0.2, -0.15) is 11.8 Å². The highest BCUT2D eigenvalue weighted by atomic mass is 32.2. The zero-order valence-electron chi connectivity index (χ0n) is 10.1. The molecule has 0 fully saturated rings. The van der Waals surface area contributed by atoms with Gasteiger partial charge >= 0.3 is 5.97 Å². The third-order valence-electron chi connectivity index (χ3n) is 2.26. The van der Waals surface area contributed by atoms with E-state index < -0.39 is 17.9 Å². The molecule has 1 aromatic rings. The number of carbonyl (C=O) groups excluding carboxylic acids is 1. The fourth-order valence-corrected chi connectivity index (χ4v) is 2.02. The molecule has 0 radical (unpaired) electrons. The Morgan fingerprint density at radius 3 is 2.83 bits per heavy atom. The lowest BCUT2D eigenvalue weighted by atomic mass is 10.2. The lowest BCUT2D eigenvalue weighted by Gasteiger charge is -2.13. The molecule has 98 valence electrons. The zero-order valence-corrected chi connectivity index (χ0v) is 10.9. The van der Waals surface area contributed by atoms with Crippen LogP contribution in [0.2, 0.25) is 0 Å². The first kappa shape index (κ1) is 14.5. The van der Waals surface area contributed by atoms with Crippen molar-refractivity contribution in [3.63, 3.8) is 0 Å². The molecule has 2 N–H and O–H groups in total. The molecule has 0 aromatic carbocycles. The van der Waals surface area contributed by atoms with Crippen LogP contribution < -0.4 is 5.32 Å². The Balaban J connectivity index is 2.55. The Morgan fingerprint density at radius 1 is 1.50 bits per heavy atom. The topological polar surface area (TPSA) is 79.3 Å². The number of rotatable bonds is 7. The third-order valence-corrected chi connectivity index (χ3v) is 3.19. The number of nitrogens with one attached hydrogen (secondary N) is 1. The zero-order chi connectivity index (χ0) is 13.4. The van der Waals surface area contributed by atoms with Gasteiger partial charge in [-0.25, -0.2) is 4.79 Å². The SMILES string of the molecule is CCSCCC(NC(=O)c1ccccn1)C(=O)O. The van der Waals surface area contributed by atoms with Gasteiger partial charge in [0.1, 0.15) is 11.7 Å². The highest BCUT2D eigenvalue weighted by Gasteiger charge is 2.20. The molecule has 5 nitrogen and oxygen atoms in total. The summed E-state index contributed by atoms with van der Waals surface area (Å²) in [6.45, 7) is 2.01. The van der Waals surface area contributed by atoms with Crippen LogP contribution in [-0.2, 0) is 4.79 Å². The number of aromatic nitrogens is 1. The van der Waals surface area contributed by atoms with Crippen LogP contribution in [-0.4, -0.2) is 39.5 Å². The smallest absolute Gasteiger partial charge is 0.326 e. The van der Waals surface area contributed by atoms with Crippen LogP contribution in [0.3, 0.4) is 0 Å². The van der Waals surface area contributed by atoms with E-state index in [4.69, 9.17) is 5.11 Å². The number of carboxylic acids is 1. The number of thioether (sulfide) groups is 1. The fourth-order valence-electron chi connectivity index (χ4n) is 1.33. The molecule has 1 atom stereocenters. The number of hydrogen-bond donors (Lipinski definition) is 2. The molecule has 0 saturated heterocycles. The number of amides is 1. The first-order chi connectivity index (χ1) is 8.65. The predicted molar refractivity (Wildman–Crippen MR) is 70.7 cm³/mol. The fraction of sp³-hybridized carbons (Fsp3) is 0.417. The van der Waals surface area contributed by atoms with Gasteiger partial charge in [-0.1, -0.05) is 13.0 Å². The van der Waals surface area contributed by atoms with Crippen LogP contribution in [0.4, 0.5) is 0 Å². The van der Waals surface area contributed by atoms with E-state index in [9.17, 15) is 9.59 Å². The maximum Gasteiger partial charge on any atom is 0.326 e. The maximum atomic E-state index is 11.7. The van der Waals surface area contributed by atoms with Crippen molar-refractivity contribution in [3.8, 4) is 0 Å². The lowest BCUT2D eigenvalue weighted by molar-refractivity contribution is -0.139. The minimum Gasteiger partial charge on any atom is -0.480 e. The summed E-state index contributed by atoms with van der Waals surface area (Å²) >= 11 is 1.65. The summed E-state index contributed by atoms with van der Waals surface area (Å²) in [6.07, 6.45) is 1.91. The Labute approximate surface area is 110 Å². The summed E-state index contributed by atoms with van der Waals surface area (Å²) in [5, 5.41) is 11.5. The standard InChI is InChI=1S/C12H16N2O3S/c1-2-18-8-6-10(12(16)17)14-11(15)9-5-3-4-7-13-9/h3-5,7,10H,2,6,8H2,1H3,(H,14,15)(H,16,17). The van der Waals surface area contributed by atoms with Gasteiger partial charge in [-0.05, 0) is 30.1 Å². The first-order valence-electron chi connectivity index (χ1n) is 5.67. The maximum absolute atomic E-state index is 11.7. The molecule has 6 heteroatoms. The van der Waals surface area contributed by atoms with Crippen LogP contribution in [0.5, 0.6) is 0 Å². The summed E-state index contributed by atoms with van der Waals surface area (Å²) in [5.41, 5.74) is 0.229. The van der Waals surface area contributed by atoms with Gasteiger partial charge in [-0.15, -0.1) is 0 Å². The van der Waals surface area contributed by atoms with Crippen LogP contribution in [0.1, 0.15) is 23.8 Å². The van der Waals surface area contributed by atoms with Crippen LogP contribution >= 0.6 is 11.8 Å². The predicted octanol–water partition coefficient (Wildman–Crippen LogP) is 1.41. The molecule has 0 saturated carbocycles. The molecule has 1 rings (SSSR count). The van der Waals surface area contributed by atoms with Gasteiger partial charge in [0.2, 0.25) is 0 Å². The van der Waals surface area contributed by atoms with Crippen molar-refractivity contribution in [2.75, 3.05) is 11.5 Å². The van der Waals surface area contributed by atoms with Gasteiger partial charge in [0.25, 0.3) is 5.91 Å². The Morgan fingerprint density at radius 2 is 2.28 bits per heavy atom. The molecular weight excluding hydrogens is 252 g/mol. The van der Waals surface area contributed by atoms with Crippen molar-refractivity contribution < 1.29 is 14.7 Å².